The van der Waals surface area contributed by atoms with Crippen molar-refractivity contribution in [1.82, 2.24) is 15.0 Å². The van der Waals surface area contributed by atoms with E-state index >= 15 is 0 Å². The molecule has 162 valence electrons. The topological polar surface area (TPSA) is 133 Å². The number of hydrogen-bond donors (Lipinski definition) is 3. The van der Waals surface area contributed by atoms with Gasteiger partial charge < -0.3 is 25.8 Å². The van der Waals surface area contributed by atoms with Crippen LogP contribution in [0.3, 0.4) is 0 Å². The van der Waals surface area contributed by atoms with Crippen molar-refractivity contribution in [2.24, 2.45) is 0 Å². The van der Waals surface area contributed by atoms with Crippen LogP contribution in [-0.4, -0.2) is 41.0 Å². The molecule has 0 bridgehead atoms. The summed E-state index contributed by atoms with van der Waals surface area (Å²) < 4.78 is 11.4. The second kappa shape index (κ2) is 9.54. The lowest BCUT2D eigenvalue weighted by atomic mass is 10.2. The molecule has 0 unspecified atom stereocenters. The Morgan fingerprint density at radius 3 is 2.45 bits per heavy atom. The number of rotatable bonds is 7. The van der Waals surface area contributed by atoms with Gasteiger partial charge in [-0.2, -0.15) is 0 Å². The fourth-order valence-corrected chi connectivity index (χ4v) is 3.07. The van der Waals surface area contributed by atoms with Crippen molar-refractivity contribution in [3.05, 3.63) is 52.1 Å². The van der Waals surface area contributed by atoms with E-state index in [0.29, 0.717) is 32.9 Å². The monoisotopic (exact) mass is 464 g/mol. The molecule has 0 aliphatic heterocycles. The molecule has 10 nitrogen and oxygen atoms in total. The molecule has 31 heavy (non-hydrogen) atoms. The van der Waals surface area contributed by atoms with E-state index in [1.807, 2.05) is 0 Å². The lowest BCUT2D eigenvalue weighted by molar-refractivity contribution is -0.116. The SMILES string of the molecule is COc1ccc(NC(=O)Cn2nnc(C(=O)Nc3cc(Cl)ccc3OC)c2N)cc1Cl. The normalized spacial score (nSPS) is 10.5. The summed E-state index contributed by atoms with van der Waals surface area (Å²) >= 11 is 12.0. The van der Waals surface area contributed by atoms with E-state index in [1.54, 1.807) is 30.3 Å². The van der Waals surface area contributed by atoms with Crippen LogP contribution in [0.5, 0.6) is 11.5 Å². The second-order valence-corrected chi connectivity index (χ2v) is 7.02. The number of nitrogens with one attached hydrogen (secondary N) is 2. The van der Waals surface area contributed by atoms with E-state index < -0.39 is 11.8 Å². The first kappa shape index (κ1) is 22.2. The first-order valence-electron chi connectivity index (χ1n) is 8.79. The summed E-state index contributed by atoms with van der Waals surface area (Å²) in [6.45, 7) is -0.268. The maximum atomic E-state index is 12.6. The summed E-state index contributed by atoms with van der Waals surface area (Å²) in [5.41, 5.74) is 6.61. The minimum absolute atomic E-state index is 0.0820. The Kier molecular flexibility index (Phi) is 6.83. The van der Waals surface area contributed by atoms with E-state index in [4.69, 9.17) is 38.4 Å². The number of carbonyl (C=O) groups excluding carboxylic acids is 2. The van der Waals surface area contributed by atoms with Gasteiger partial charge in [-0.3, -0.25) is 9.59 Å². The zero-order valence-corrected chi connectivity index (χ0v) is 18.0. The molecule has 4 N–H and O–H groups in total. The maximum absolute atomic E-state index is 12.6. The Hall–Kier alpha value is -3.50. The molecule has 0 aliphatic carbocycles. The lowest BCUT2D eigenvalue weighted by Crippen LogP contribution is -2.21. The number of amides is 2. The predicted molar refractivity (Wildman–Crippen MR) is 117 cm³/mol. The molecule has 0 saturated heterocycles. The van der Waals surface area contributed by atoms with Crippen LogP contribution in [0.1, 0.15) is 10.5 Å². The highest BCUT2D eigenvalue weighted by molar-refractivity contribution is 6.32. The first-order valence-corrected chi connectivity index (χ1v) is 9.55. The van der Waals surface area contributed by atoms with Crippen molar-refractivity contribution in [2.45, 2.75) is 6.54 Å². The average Bonchev–Trinajstić information content (AvgIpc) is 3.08. The van der Waals surface area contributed by atoms with Crippen molar-refractivity contribution < 1.29 is 19.1 Å². The molecule has 2 amide bonds. The standard InChI is InChI=1S/C19H18Cl2N6O4/c1-30-14-6-4-11(8-12(14)21)23-16(28)9-27-18(22)17(25-26-27)19(29)24-13-7-10(20)3-5-15(13)31-2/h3-8H,9,22H2,1-2H3,(H,23,28)(H,24,29). The number of halogens is 2. The van der Waals surface area contributed by atoms with Gasteiger partial charge >= 0.3 is 0 Å². The third-order valence-electron chi connectivity index (χ3n) is 4.13. The molecule has 0 aliphatic rings. The number of aromatic nitrogens is 3. The van der Waals surface area contributed by atoms with Gasteiger partial charge in [0.1, 0.15) is 18.0 Å². The Labute approximate surface area is 187 Å². The third-order valence-corrected chi connectivity index (χ3v) is 4.66. The molecule has 0 spiro atoms. The summed E-state index contributed by atoms with van der Waals surface area (Å²) in [4.78, 5) is 24.9. The maximum Gasteiger partial charge on any atom is 0.280 e. The third kappa shape index (κ3) is 5.16. The zero-order chi connectivity index (χ0) is 22.5. The van der Waals surface area contributed by atoms with Gasteiger partial charge in [0, 0.05) is 10.7 Å². The molecule has 2 aromatic carbocycles. The van der Waals surface area contributed by atoms with Gasteiger partial charge in [0.15, 0.2) is 11.5 Å². The van der Waals surface area contributed by atoms with Crippen LogP contribution in [-0.2, 0) is 11.3 Å². The molecule has 0 fully saturated rings. The Morgan fingerprint density at radius 2 is 1.77 bits per heavy atom. The summed E-state index contributed by atoms with van der Waals surface area (Å²) in [7, 11) is 2.95. The number of benzene rings is 2. The minimum atomic E-state index is -0.633. The largest absolute Gasteiger partial charge is 0.495 e. The van der Waals surface area contributed by atoms with Gasteiger partial charge in [-0.25, -0.2) is 4.68 Å². The van der Waals surface area contributed by atoms with Crippen molar-refractivity contribution >= 4 is 52.2 Å². The first-order chi connectivity index (χ1) is 14.8. The highest BCUT2D eigenvalue weighted by atomic mass is 35.5. The number of carbonyl (C=O) groups is 2. The van der Waals surface area contributed by atoms with E-state index in [-0.39, 0.29) is 18.1 Å². The molecule has 0 atom stereocenters. The van der Waals surface area contributed by atoms with Crippen molar-refractivity contribution in [3.63, 3.8) is 0 Å². The fourth-order valence-electron chi connectivity index (χ4n) is 2.64. The van der Waals surface area contributed by atoms with Crippen LogP contribution in [0.2, 0.25) is 10.0 Å². The van der Waals surface area contributed by atoms with Crippen LogP contribution in [0.25, 0.3) is 0 Å². The molecule has 3 rings (SSSR count). The van der Waals surface area contributed by atoms with Gasteiger partial charge in [-0.15, -0.1) is 5.10 Å². The summed E-state index contributed by atoms with van der Waals surface area (Å²) in [5.74, 6) is -0.275. The number of nitrogens with zero attached hydrogens (tertiary/aromatic N) is 3. The zero-order valence-electron chi connectivity index (χ0n) is 16.5. The molecule has 0 saturated carbocycles. The molecule has 0 radical (unpaired) electrons. The van der Waals surface area contributed by atoms with Crippen LogP contribution in [0.15, 0.2) is 36.4 Å². The van der Waals surface area contributed by atoms with Gasteiger partial charge in [0.25, 0.3) is 5.91 Å². The number of hydrogen-bond acceptors (Lipinski definition) is 7. The Bertz CT molecular complexity index is 1130. The molecule has 3 aromatic rings. The van der Waals surface area contributed by atoms with E-state index in [1.165, 1.54) is 20.3 Å². The number of nitrogens with two attached hydrogens (primary N) is 1. The predicted octanol–water partition coefficient (Wildman–Crippen LogP) is 3.08. The van der Waals surface area contributed by atoms with Crippen molar-refractivity contribution in [3.8, 4) is 11.5 Å². The summed E-state index contributed by atoms with van der Waals surface area (Å²) in [6.07, 6.45) is 0. The van der Waals surface area contributed by atoms with Gasteiger partial charge in [0.05, 0.1) is 24.9 Å². The second-order valence-electron chi connectivity index (χ2n) is 6.18. The number of anilines is 3. The molecular weight excluding hydrogens is 447 g/mol. The molecule has 12 heteroatoms. The van der Waals surface area contributed by atoms with E-state index in [9.17, 15) is 9.59 Å². The Balaban J connectivity index is 1.69. The smallest absolute Gasteiger partial charge is 0.280 e. The van der Waals surface area contributed by atoms with Gasteiger partial charge in [0.2, 0.25) is 5.91 Å². The highest BCUT2D eigenvalue weighted by Crippen LogP contribution is 2.29. The molecular formula is C19H18Cl2N6O4. The average molecular weight is 465 g/mol. The highest BCUT2D eigenvalue weighted by Gasteiger charge is 2.20. The Morgan fingerprint density at radius 1 is 1.06 bits per heavy atom. The van der Waals surface area contributed by atoms with Crippen LogP contribution in [0, 0.1) is 0 Å². The lowest BCUT2D eigenvalue weighted by Gasteiger charge is -2.10. The van der Waals surface area contributed by atoms with Crippen molar-refractivity contribution in [2.75, 3.05) is 30.6 Å². The van der Waals surface area contributed by atoms with Gasteiger partial charge in [-0.1, -0.05) is 28.4 Å². The molecule has 1 aromatic heterocycles. The van der Waals surface area contributed by atoms with Crippen molar-refractivity contribution in [1.29, 1.82) is 0 Å². The number of nitrogen functional groups attached to an aromatic ring is 1. The fraction of sp³-hybridized carbons (Fsp3) is 0.158. The summed E-state index contributed by atoms with van der Waals surface area (Å²) in [6, 6.07) is 9.54. The van der Waals surface area contributed by atoms with Gasteiger partial charge in [-0.05, 0) is 36.4 Å². The molecule has 1 heterocycles. The van der Waals surface area contributed by atoms with E-state index in [2.05, 4.69) is 20.9 Å². The quantitative estimate of drug-likeness (QED) is 0.488. The van der Waals surface area contributed by atoms with Crippen LogP contribution >= 0.6 is 23.2 Å². The number of ether oxygens (including phenoxy) is 2. The van der Waals surface area contributed by atoms with Crippen LogP contribution in [0.4, 0.5) is 17.2 Å². The van der Waals surface area contributed by atoms with E-state index in [0.717, 1.165) is 4.68 Å². The minimum Gasteiger partial charge on any atom is -0.495 e. The summed E-state index contributed by atoms with van der Waals surface area (Å²) in [5, 5.41) is 13.6. The van der Waals surface area contributed by atoms with Crippen LogP contribution < -0.4 is 25.8 Å². The number of methoxy groups -OCH3 is 2.